The highest BCUT2D eigenvalue weighted by Crippen LogP contribution is 2.27. The van der Waals surface area contributed by atoms with Crippen LogP contribution >= 0.6 is 11.6 Å². The predicted octanol–water partition coefficient (Wildman–Crippen LogP) is 2.84. The Morgan fingerprint density at radius 3 is 2.71 bits per heavy atom. The van der Waals surface area contributed by atoms with Crippen molar-refractivity contribution in [3.05, 3.63) is 34.6 Å². The maximum Gasteiger partial charge on any atom is 0.142 e. The first-order valence-electron chi connectivity index (χ1n) is 6.12. The van der Waals surface area contributed by atoms with Crippen LogP contribution in [0.1, 0.15) is 24.9 Å². The van der Waals surface area contributed by atoms with Gasteiger partial charge in [0, 0.05) is 32.2 Å². The van der Waals surface area contributed by atoms with E-state index in [1.807, 2.05) is 6.07 Å². The number of rotatable bonds is 3. The minimum Gasteiger partial charge on any atom is -0.314 e. The molecule has 4 heteroatoms. The number of hydrogen-bond donors (Lipinski definition) is 1. The molecular weight excluding hydrogens is 239 g/mol. The van der Waals surface area contributed by atoms with Gasteiger partial charge in [0.05, 0.1) is 5.02 Å². The molecule has 0 aromatic heterocycles. The Kier molecular flexibility index (Phi) is 4.37. The minimum absolute atomic E-state index is 0.198. The van der Waals surface area contributed by atoms with Crippen LogP contribution < -0.4 is 5.32 Å². The monoisotopic (exact) mass is 256 g/mol. The van der Waals surface area contributed by atoms with E-state index in [4.69, 9.17) is 11.6 Å². The van der Waals surface area contributed by atoms with E-state index in [1.54, 1.807) is 12.1 Å². The molecule has 0 bridgehead atoms. The van der Waals surface area contributed by atoms with Crippen molar-refractivity contribution in [3.8, 4) is 0 Å². The number of benzene rings is 1. The maximum atomic E-state index is 13.5. The topological polar surface area (TPSA) is 15.3 Å². The quantitative estimate of drug-likeness (QED) is 0.895. The number of piperazine rings is 1. The van der Waals surface area contributed by atoms with Crippen LogP contribution in [0.4, 0.5) is 4.39 Å². The van der Waals surface area contributed by atoms with Crippen LogP contribution in [0.2, 0.25) is 5.02 Å². The highest BCUT2D eigenvalue weighted by molar-refractivity contribution is 6.30. The van der Waals surface area contributed by atoms with Gasteiger partial charge in [-0.3, -0.25) is 4.90 Å². The molecule has 1 aliphatic rings. The van der Waals surface area contributed by atoms with Crippen LogP contribution in [0.25, 0.3) is 0 Å². The van der Waals surface area contributed by atoms with E-state index in [9.17, 15) is 4.39 Å². The molecular formula is C13H18ClFN2. The van der Waals surface area contributed by atoms with Crippen LogP contribution in [-0.2, 0) is 0 Å². The highest BCUT2D eigenvalue weighted by atomic mass is 35.5. The first kappa shape index (κ1) is 12.8. The van der Waals surface area contributed by atoms with Crippen molar-refractivity contribution in [2.75, 3.05) is 26.2 Å². The largest absolute Gasteiger partial charge is 0.314 e. The van der Waals surface area contributed by atoms with Crippen molar-refractivity contribution in [1.29, 1.82) is 0 Å². The average Bonchev–Trinajstić information content (AvgIpc) is 2.36. The summed E-state index contributed by atoms with van der Waals surface area (Å²) in [6.07, 6.45) is 0.987. The zero-order valence-electron chi connectivity index (χ0n) is 10.0. The molecule has 1 N–H and O–H groups in total. The molecule has 1 aromatic rings. The third-order valence-electron chi connectivity index (χ3n) is 3.31. The lowest BCUT2D eigenvalue weighted by molar-refractivity contribution is 0.169. The summed E-state index contributed by atoms with van der Waals surface area (Å²) >= 11 is 5.72. The second kappa shape index (κ2) is 5.80. The first-order chi connectivity index (χ1) is 8.22. The average molecular weight is 257 g/mol. The van der Waals surface area contributed by atoms with Crippen molar-refractivity contribution < 1.29 is 4.39 Å². The number of hydrogen-bond acceptors (Lipinski definition) is 2. The molecule has 2 nitrogen and oxygen atoms in total. The standard InChI is InChI=1S/C13H18ClFN2/c1-2-13(17-7-5-16-6-8-17)10-3-4-11(14)12(15)9-10/h3-4,9,13,16H,2,5-8H2,1H3/t13-/m1/s1. The van der Waals surface area contributed by atoms with Gasteiger partial charge in [0.25, 0.3) is 0 Å². The maximum absolute atomic E-state index is 13.5. The fourth-order valence-electron chi connectivity index (χ4n) is 2.42. The molecule has 17 heavy (non-hydrogen) atoms. The summed E-state index contributed by atoms with van der Waals surface area (Å²) in [7, 11) is 0. The van der Waals surface area contributed by atoms with E-state index in [1.165, 1.54) is 0 Å². The molecule has 1 fully saturated rings. The van der Waals surface area contributed by atoms with Gasteiger partial charge < -0.3 is 5.32 Å². The molecule has 0 aliphatic carbocycles. The van der Waals surface area contributed by atoms with Crippen LogP contribution in [-0.4, -0.2) is 31.1 Å². The fourth-order valence-corrected chi connectivity index (χ4v) is 2.54. The second-order valence-corrected chi connectivity index (χ2v) is 4.79. The molecule has 94 valence electrons. The van der Waals surface area contributed by atoms with E-state index >= 15 is 0 Å². The van der Waals surface area contributed by atoms with Gasteiger partial charge in [-0.25, -0.2) is 4.39 Å². The fraction of sp³-hybridized carbons (Fsp3) is 0.538. The Morgan fingerprint density at radius 1 is 1.41 bits per heavy atom. The van der Waals surface area contributed by atoms with Gasteiger partial charge in [-0.1, -0.05) is 24.6 Å². The molecule has 1 aromatic carbocycles. The molecule has 0 unspecified atom stereocenters. The van der Waals surface area contributed by atoms with Crippen molar-refractivity contribution in [2.24, 2.45) is 0 Å². The number of nitrogens with one attached hydrogen (secondary N) is 1. The molecule has 0 spiro atoms. The summed E-state index contributed by atoms with van der Waals surface area (Å²) in [4.78, 5) is 2.40. The highest BCUT2D eigenvalue weighted by Gasteiger charge is 2.21. The number of nitrogens with zero attached hydrogens (tertiary/aromatic N) is 1. The molecule has 1 atom stereocenters. The van der Waals surface area contributed by atoms with Gasteiger partial charge in [0.15, 0.2) is 0 Å². The van der Waals surface area contributed by atoms with E-state index < -0.39 is 0 Å². The van der Waals surface area contributed by atoms with Gasteiger partial charge in [-0.05, 0) is 24.1 Å². The van der Waals surface area contributed by atoms with E-state index in [2.05, 4.69) is 17.1 Å². The Bertz CT molecular complexity index is 378. The zero-order chi connectivity index (χ0) is 12.3. The Morgan fingerprint density at radius 2 is 2.12 bits per heavy atom. The van der Waals surface area contributed by atoms with Crippen LogP contribution in [0.3, 0.4) is 0 Å². The lowest BCUT2D eigenvalue weighted by atomic mass is 10.0. The Balaban J connectivity index is 2.18. The van der Waals surface area contributed by atoms with Gasteiger partial charge in [0.2, 0.25) is 0 Å². The molecule has 1 saturated heterocycles. The van der Waals surface area contributed by atoms with Crippen LogP contribution in [0.15, 0.2) is 18.2 Å². The summed E-state index contributed by atoms with van der Waals surface area (Å²) < 4.78 is 13.5. The first-order valence-corrected chi connectivity index (χ1v) is 6.50. The molecule has 0 amide bonds. The number of halogens is 2. The molecule has 0 saturated carbocycles. The van der Waals surface area contributed by atoms with Crippen LogP contribution in [0, 0.1) is 5.82 Å². The zero-order valence-corrected chi connectivity index (χ0v) is 10.8. The molecule has 1 aliphatic heterocycles. The van der Waals surface area contributed by atoms with Gasteiger partial charge in [-0.2, -0.15) is 0 Å². The summed E-state index contributed by atoms with van der Waals surface area (Å²) in [5.41, 5.74) is 1.02. The Labute approximate surface area is 107 Å². The van der Waals surface area contributed by atoms with Crippen LogP contribution in [0.5, 0.6) is 0 Å². The molecule has 0 radical (unpaired) electrons. The van der Waals surface area contributed by atoms with Gasteiger partial charge in [-0.15, -0.1) is 0 Å². The molecule has 2 rings (SSSR count). The van der Waals surface area contributed by atoms with Crippen molar-refractivity contribution in [3.63, 3.8) is 0 Å². The third-order valence-corrected chi connectivity index (χ3v) is 3.61. The van der Waals surface area contributed by atoms with E-state index in [-0.39, 0.29) is 10.8 Å². The van der Waals surface area contributed by atoms with Crippen molar-refractivity contribution in [2.45, 2.75) is 19.4 Å². The summed E-state index contributed by atoms with van der Waals surface area (Å²) in [6.45, 7) is 6.18. The van der Waals surface area contributed by atoms with E-state index in [0.29, 0.717) is 6.04 Å². The lowest BCUT2D eigenvalue weighted by Crippen LogP contribution is -2.45. The Hall–Kier alpha value is -0.640. The normalized spacial score (nSPS) is 19.2. The van der Waals surface area contributed by atoms with Gasteiger partial charge in [0.1, 0.15) is 5.82 Å². The minimum atomic E-state index is -0.322. The lowest BCUT2D eigenvalue weighted by Gasteiger charge is -2.34. The third kappa shape index (κ3) is 2.97. The molecule has 1 heterocycles. The SMILES string of the molecule is CC[C@H](c1ccc(Cl)c(F)c1)N1CCNCC1. The van der Waals surface area contributed by atoms with Crippen molar-refractivity contribution >= 4 is 11.6 Å². The summed E-state index contributed by atoms with van der Waals surface area (Å²) in [5, 5.41) is 3.53. The van der Waals surface area contributed by atoms with Crippen molar-refractivity contribution in [1.82, 2.24) is 10.2 Å². The predicted molar refractivity (Wildman–Crippen MR) is 68.9 cm³/mol. The summed E-state index contributed by atoms with van der Waals surface area (Å²) in [6, 6.07) is 5.45. The summed E-state index contributed by atoms with van der Waals surface area (Å²) in [5.74, 6) is -0.322. The smallest absolute Gasteiger partial charge is 0.142 e. The second-order valence-electron chi connectivity index (χ2n) is 4.38. The van der Waals surface area contributed by atoms with Gasteiger partial charge >= 0.3 is 0 Å². The van der Waals surface area contributed by atoms with E-state index in [0.717, 1.165) is 38.2 Å².